The van der Waals surface area contributed by atoms with Crippen LogP contribution in [0.5, 0.6) is 0 Å². The van der Waals surface area contributed by atoms with E-state index in [1.54, 1.807) is 18.3 Å². The predicted molar refractivity (Wildman–Crippen MR) is 80.3 cm³/mol. The average molecular weight is 300 g/mol. The first kappa shape index (κ1) is 14.3. The van der Waals surface area contributed by atoms with Gasteiger partial charge in [-0.25, -0.2) is 0 Å². The van der Waals surface area contributed by atoms with Gasteiger partial charge in [-0.15, -0.1) is 0 Å². The van der Waals surface area contributed by atoms with E-state index in [0.29, 0.717) is 18.2 Å². The zero-order chi connectivity index (χ0) is 15.7. The molecule has 0 bridgehead atoms. The predicted octanol–water partition coefficient (Wildman–Crippen LogP) is 1.26. The van der Waals surface area contributed by atoms with Crippen molar-refractivity contribution in [1.29, 1.82) is 0 Å². The molecule has 1 aliphatic rings. The van der Waals surface area contributed by atoms with Gasteiger partial charge in [-0.2, -0.15) is 0 Å². The third-order valence-electron chi connectivity index (χ3n) is 4.28. The van der Waals surface area contributed by atoms with Gasteiger partial charge in [-0.05, 0) is 29.9 Å². The molecule has 3 rings (SSSR count). The summed E-state index contributed by atoms with van der Waals surface area (Å²) >= 11 is 0. The van der Waals surface area contributed by atoms with Crippen molar-refractivity contribution in [3.05, 3.63) is 46.4 Å². The Labute approximate surface area is 126 Å². The molecule has 1 aliphatic carbocycles. The number of pyridine rings is 1. The summed E-state index contributed by atoms with van der Waals surface area (Å²) in [6.45, 7) is 0.263. The highest BCUT2D eigenvalue weighted by Crippen LogP contribution is 2.34. The zero-order valence-electron chi connectivity index (χ0n) is 11.8. The van der Waals surface area contributed by atoms with Gasteiger partial charge in [0.2, 0.25) is 5.91 Å². The SMILES string of the molecule is O=C(O)[C@@H]1CC[C@H]1C(=O)NCc1c[nH]c(=O)c2ccccc12. The molecule has 1 aromatic carbocycles. The van der Waals surface area contributed by atoms with E-state index in [0.717, 1.165) is 10.9 Å². The van der Waals surface area contributed by atoms with Crippen molar-refractivity contribution in [2.24, 2.45) is 11.8 Å². The molecule has 1 fully saturated rings. The number of carbonyl (C=O) groups excluding carboxylic acids is 1. The molecule has 0 radical (unpaired) electrons. The summed E-state index contributed by atoms with van der Waals surface area (Å²) in [5, 5.41) is 13.1. The molecule has 1 aromatic heterocycles. The van der Waals surface area contributed by atoms with E-state index in [1.165, 1.54) is 0 Å². The smallest absolute Gasteiger partial charge is 0.307 e. The van der Waals surface area contributed by atoms with Crippen LogP contribution in [-0.4, -0.2) is 22.0 Å². The molecule has 22 heavy (non-hydrogen) atoms. The Morgan fingerprint density at radius 2 is 1.86 bits per heavy atom. The first-order valence-corrected chi connectivity index (χ1v) is 7.17. The summed E-state index contributed by atoms with van der Waals surface area (Å²) in [5.41, 5.74) is 0.630. The second kappa shape index (κ2) is 5.63. The van der Waals surface area contributed by atoms with E-state index in [9.17, 15) is 14.4 Å². The average Bonchev–Trinajstić information content (AvgIpc) is 2.45. The fourth-order valence-electron chi connectivity index (χ4n) is 2.84. The molecule has 1 amide bonds. The highest BCUT2D eigenvalue weighted by molar-refractivity contribution is 5.87. The third-order valence-corrected chi connectivity index (χ3v) is 4.28. The van der Waals surface area contributed by atoms with Crippen LogP contribution >= 0.6 is 0 Å². The van der Waals surface area contributed by atoms with E-state index in [1.807, 2.05) is 12.1 Å². The number of hydrogen-bond acceptors (Lipinski definition) is 3. The van der Waals surface area contributed by atoms with Crippen LogP contribution in [0.25, 0.3) is 10.8 Å². The summed E-state index contributed by atoms with van der Waals surface area (Å²) in [7, 11) is 0. The first-order chi connectivity index (χ1) is 10.6. The van der Waals surface area contributed by atoms with E-state index in [-0.39, 0.29) is 18.0 Å². The van der Waals surface area contributed by atoms with Crippen molar-refractivity contribution in [3.8, 4) is 0 Å². The minimum absolute atomic E-state index is 0.171. The Morgan fingerprint density at radius 1 is 1.18 bits per heavy atom. The number of carbonyl (C=O) groups is 2. The van der Waals surface area contributed by atoms with Gasteiger partial charge in [0, 0.05) is 18.1 Å². The van der Waals surface area contributed by atoms with Crippen LogP contribution in [0.3, 0.4) is 0 Å². The van der Waals surface area contributed by atoms with Crippen LogP contribution in [0.4, 0.5) is 0 Å². The van der Waals surface area contributed by atoms with E-state index >= 15 is 0 Å². The normalized spacial score (nSPS) is 20.4. The maximum atomic E-state index is 12.1. The number of aliphatic carboxylic acids is 1. The Bertz CT molecular complexity index is 796. The quantitative estimate of drug-likeness (QED) is 0.791. The molecule has 3 N–H and O–H groups in total. The fourth-order valence-corrected chi connectivity index (χ4v) is 2.84. The number of H-pyrrole nitrogens is 1. The number of carboxylic acids is 1. The highest BCUT2D eigenvalue weighted by Gasteiger charge is 2.41. The topological polar surface area (TPSA) is 99.3 Å². The molecular weight excluding hydrogens is 284 g/mol. The fraction of sp³-hybridized carbons (Fsp3) is 0.312. The first-order valence-electron chi connectivity index (χ1n) is 7.17. The van der Waals surface area contributed by atoms with Gasteiger partial charge in [0.25, 0.3) is 5.56 Å². The van der Waals surface area contributed by atoms with Gasteiger partial charge >= 0.3 is 5.97 Å². The molecule has 114 valence electrons. The summed E-state index contributed by atoms with van der Waals surface area (Å²) in [6, 6.07) is 7.17. The molecule has 1 saturated carbocycles. The number of fused-ring (bicyclic) bond motifs is 1. The minimum Gasteiger partial charge on any atom is -0.481 e. The van der Waals surface area contributed by atoms with E-state index < -0.39 is 17.8 Å². The molecule has 1 heterocycles. The molecule has 6 heteroatoms. The standard InChI is InChI=1S/C16H16N2O4/c19-14-11-4-2-1-3-10(11)9(7-17-14)8-18-15(20)12-5-6-13(12)16(21)22/h1-4,7,12-13H,5-6,8H2,(H,17,19)(H,18,20)(H,21,22)/t12-,13-/m1/s1. The minimum atomic E-state index is -0.916. The Morgan fingerprint density at radius 3 is 2.50 bits per heavy atom. The molecule has 0 spiro atoms. The molecule has 2 aromatic rings. The van der Waals surface area contributed by atoms with Crippen LogP contribution in [0.2, 0.25) is 0 Å². The number of benzene rings is 1. The van der Waals surface area contributed by atoms with Crippen molar-refractivity contribution in [2.45, 2.75) is 19.4 Å². The number of amides is 1. The maximum Gasteiger partial charge on any atom is 0.307 e. The van der Waals surface area contributed by atoms with Gasteiger partial charge in [-0.3, -0.25) is 14.4 Å². The summed E-state index contributed by atoms with van der Waals surface area (Å²) in [5.74, 6) is -2.19. The van der Waals surface area contributed by atoms with Gasteiger partial charge < -0.3 is 15.4 Å². The second-order valence-corrected chi connectivity index (χ2v) is 5.53. The molecule has 0 saturated heterocycles. The molecule has 6 nitrogen and oxygen atoms in total. The Kier molecular flexibility index (Phi) is 3.66. The van der Waals surface area contributed by atoms with Crippen LogP contribution in [0.15, 0.2) is 35.3 Å². The highest BCUT2D eigenvalue weighted by atomic mass is 16.4. The molecule has 0 unspecified atom stereocenters. The van der Waals surface area contributed by atoms with E-state index in [4.69, 9.17) is 5.11 Å². The summed E-state index contributed by atoms with van der Waals surface area (Å²) in [6.07, 6.45) is 2.74. The maximum absolute atomic E-state index is 12.1. The summed E-state index contributed by atoms with van der Waals surface area (Å²) in [4.78, 5) is 37.4. The van der Waals surface area contributed by atoms with Crippen molar-refractivity contribution in [1.82, 2.24) is 10.3 Å². The number of rotatable bonds is 4. The van der Waals surface area contributed by atoms with Crippen molar-refractivity contribution < 1.29 is 14.7 Å². The monoisotopic (exact) mass is 300 g/mol. The lowest BCUT2D eigenvalue weighted by molar-refractivity contribution is -0.152. The van der Waals surface area contributed by atoms with Crippen molar-refractivity contribution in [3.63, 3.8) is 0 Å². The van der Waals surface area contributed by atoms with Crippen LogP contribution in [0, 0.1) is 11.8 Å². The lowest BCUT2D eigenvalue weighted by Crippen LogP contribution is -2.43. The van der Waals surface area contributed by atoms with Gasteiger partial charge in [0.05, 0.1) is 11.8 Å². The van der Waals surface area contributed by atoms with Gasteiger partial charge in [0.15, 0.2) is 0 Å². The van der Waals surface area contributed by atoms with Crippen molar-refractivity contribution in [2.75, 3.05) is 0 Å². The Balaban J connectivity index is 1.75. The van der Waals surface area contributed by atoms with Gasteiger partial charge in [-0.1, -0.05) is 18.2 Å². The second-order valence-electron chi connectivity index (χ2n) is 5.53. The number of carboxylic acid groups (broad SMARTS) is 1. The van der Waals surface area contributed by atoms with Gasteiger partial charge in [0.1, 0.15) is 0 Å². The number of aromatic amines is 1. The lowest BCUT2D eigenvalue weighted by atomic mass is 9.73. The van der Waals surface area contributed by atoms with Crippen LogP contribution < -0.4 is 10.9 Å². The molecular formula is C16H16N2O4. The number of aromatic nitrogens is 1. The number of hydrogen-bond donors (Lipinski definition) is 3. The van der Waals surface area contributed by atoms with Crippen molar-refractivity contribution >= 4 is 22.6 Å². The lowest BCUT2D eigenvalue weighted by Gasteiger charge is -2.31. The Hall–Kier alpha value is -2.63. The molecule has 2 atom stereocenters. The number of nitrogens with one attached hydrogen (secondary N) is 2. The van der Waals surface area contributed by atoms with Crippen LogP contribution in [0.1, 0.15) is 18.4 Å². The van der Waals surface area contributed by atoms with Crippen LogP contribution in [-0.2, 0) is 16.1 Å². The zero-order valence-corrected chi connectivity index (χ0v) is 11.8. The largest absolute Gasteiger partial charge is 0.481 e. The molecule has 0 aliphatic heterocycles. The van der Waals surface area contributed by atoms with E-state index in [2.05, 4.69) is 10.3 Å². The third kappa shape index (κ3) is 2.47. The summed E-state index contributed by atoms with van der Waals surface area (Å²) < 4.78 is 0.